The number of halogens is 1. The molecule has 20 heavy (non-hydrogen) atoms. The SMILES string of the molecule is Cc1c(Br)cc(-c2ccccc2)nc1-c1ccccc1. The lowest BCUT2D eigenvalue weighted by atomic mass is 10.0. The van der Waals surface area contributed by atoms with Crippen LogP contribution in [0.25, 0.3) is 22.5 Å². The quantitative estimate of drug-likeness (QED) is 0.608. The van der Waals surface area contributed by atoms with Crippen molar-refractivity contribution in [2.45, 2.75) is 6.92 Å². The van der Waals surface area contributed by atoms with Gasteiger partial charge in [-0.2, -0.15) is 0 Å². The lowest BCUT2D eigenvalue weighted by Crippen LogP contribution is -1.93. The van der Waals surface area contributed by atoms with E-state index in [-0.39, 0.29) is 0 Å². The molecule has 3 rings (SSSR count). The Morgan fingerprint density at radius 1 is 0.800 bits per heavy atom. The van der Waals surface area contributed by atoms with Gasteiger partial charge in [0.1, 0.15) is 0 Å². The van der Waals surface area contributed by atoms with Gasteiger partial charge in [-0.25, -0.2) is 4.98 Å². The van der Waals surface area contributed by atoms with Crippen LogP contribution in [0.2, 0.25) is 0 Å². The van der Waals surface area contributed by atoms with Crippen molar-refractivity contribution in [1.29, 1.82) is 0 Å². The lowest BCUT2D eigenvalue weighted by Gasteiger charge is -2.10. The van der Waals surface area contributed by atoms with E-state index in [0.29, 0.717) is 0 Å². The van der Waals surface area contributed by atoms with Crippen molar-refractivity contribution >= 4 is 15.9 Å². The second kappa shape index (κ2) is 5.59. The van der Waals surface area contributed by atoms with Gasteiger partial charge < -0.3 is 0 Å². The number of hydrogen-bond acceptors (Lipinski definition) is 1. The molecule has 0 aliphatic carbocycles. The van der Waals surface area contributed by atoms with Crippen LogP contribution in [0, 0.1) is 6.92 Å². The van der Waals surface area contributed by atoms with Gasteiger partial charge in [0, 0.05) is 15.6 Å². The van der Waals surface area contributed by atoms with Crippen molar-refractivity contribution in [3.8, 4) is 22.5 Å². The average molecular weight is 324 g/mol. The summed E-state index contributed by atoms with van der Waals surface area (Å²) in [7, 11) is 0. The highest BCUT2D eigenvalue weighted by molar-refractivity contribution is 9.10. The first-order valence-electron chi connectivity index (χ1n) is 6.53. The molecular weight excluding hydrogens is 310 g/mol. The molecule has 0 bridgehead atoms. The standard InChI is InChI=1S/C18H14BrN/c1-13-16(19)12-17(14-8-4-2-5-9-14)20-18(13)15-10-6-3-7-11-15/h2-12H,1H3. The molecule has 2 heteroatoms. The molecule has 2 aromatic carbocycles. The lowest BCUT2D eigenvalue weighted by molar-refractivity contribution is 1.25. The van der Waals surface area contributed by atoms with Gasteiger partial charge in [-0.05, 0) is 18.6 Å². The Balaban J connectivity index is 2.19. The third-order valence-corrected chi connectivity index (χ3v) is 4.15. The van der Waals surface area contributed by atoms with Gasteiger partial charge >= 0.3 is 0 Å². The number of rotatable bonds is 2. The Labute approximate surface area is 127 Å². The maximum atomic E-state index is 4.84. The zero-order chi connectivity index (χ0) is 13.9. The van der Waals surface area contributed by atoms with Crippen LogP contribution >= 0.6 is 15.9 Å². The van der Waals surface area contributed by atoms with E-state index in [9.17, 15) is 0 Å². The summed E-state index contributed by atoms with van der Waals surface area (Å²) in [4.78, 5) is 4.84. The largest absolute Gasteiger partial charge is 0.247 e. The number of pyridine rings is 1. The van der Waals surface area contributed by atoms with Crippen molar-refractivity contribution in [3.05, 3.63) is 76.8 Å². The molecule has 3 aromatic rings. The third kappa shape index (κ3) is 2.52. The molecule has 0 N–H and O–H groups in total. The van der Waals surface area contributed by atoms with Gasteiger partial charge in [-0.3, -0.25) is 0 Å². The van der Waals surface area contributed by atoms with Crippen LogP contribution in [0.4, 0.5) is 0 Å². The van der Waals surface area contributed by atoms with Crippen molar-refractivity contribution in [2.24, 2.45) is 0 Å². The van der Waals surface area contributed by atoms with Gasteiger partial charge in [0.15, 0.2) is 0 Å². The van der Waals surface area contributed by atoms with Crippen LogP contribution in [0.15, 0.2) is 71.2 Å². The van der Waals surface area contributed by atoms with Crippen LogP contribution < -0.4 is 0 Å². The van der Waals surface area contributed by atoms with Crippen LogP contribution in [-0.4, -0.2) is 4.98 Å². The minimum atomic E-state index is 0.988. The fourth-order valence-electron chi connectivity index (χ4n) is 2.21. The Morgan fingerprint density at radius 3 is 1.95 bits per heavy atom. The fourth-order valence-corrected chi connectivity index (χ4v) is 2.62. The summed E-state index contributed by atoms with van der Waals surface area (Å²) in [5.41, 5.74) is 5.45. The molecule has 0 atom stereocenters. The highest BCUT2D eigenvalue weighted by Crippen LogP contribution is 2.31. The second-order valence-corrected chi connectivity index (χ2v) is 5.55. The Morgan fingerprint density at radius 2 is 1.35 bits per heavy atom. The maximum absolute atomic E-state index is 4.84. The van der Waals surface area contributed by atoms with Gasteiger partial charge in [0.25, 0.3) is 0 Å². The Kier molecular flexibility index (Phi) is 3.66. The summed E-state index contributed by atoms with van der Waals surface area (Å²) in [6.45, 7) is 2.09. The van der Waals surface area contributed by atoms with Crippen molar-refractivity contribution in [1.82, 2.24) is 4.98 Å². The van der Waals surface area contributed by atoms with Crippen LogP contribution in [0.3, 0.4) is 0 Å². The summed E-state index contributed by atoms with van der Waals surface area (Å²) in [5.74, 6) is 0. The van der Waals surface area contributed by atoms with Crippen LogP contribution in [0.1, 0.15) is 5.56 Å². The molecule has 0 aliphatic heterocycles. The van der Waals surface area contributed by atoms with Gasteiger partial charge in [-0.1, -0.05) is 76.6 Å². The average Bonchev–Trinajstić information content (AvgIpc) is 2.51. The molecule has 0 fully saturated rings. The van der Waals surface area contributed by atoms with E-state index >= 15 is 0 Å². The first-order chi connectivity index (χ1) is 9.75. The van der Waals surface area contributed by atoms with Crippen molar-refractivity contribution in [3.63, 3.8) is 0 Å². The highest BCUT2D eigenvalue weighted by atomic mass is 79.9. The Hall–Kier alpha value is -1.93. The first kappa shape index (κ1) is 13.1. The number of benzene rings is 2. The molecule has 0 unspecified atom stereocenters. The normalized spacial score (nSPS) is 10.5. The van der Waals surface area contributed by atoms with Crippen molar-refractivity contribution in [2.75, 3.05) is 0 Å². The minimum Gasteiger partial charge on any atom is -0.247 e. The summed E-state index contributed by atoms with van der Waals surface area (Å²) in [6.07, 6.45) is 0. The maximum Gasteiger partial charge on any atom is 0.0749 e. The van der Waals surface area contributed by atoms with Crippen LogP contribution in [0.5, 0.6) is 0 Å². The van der Waals surface area contributed by atoms with E-state index in [0.717, 1.165) is 32.6 Å². The molecule has 1 aromatic heterocycles. The molecule has 0 spiro atoms. The third-order valence-electron chi connectivity index (χ3n) is 3.33. The summed E-state index contributed by atoms with van der Waals surface area (Å²) in [6, 6.07) is 22.6. The summed E-state index contributed by atoms with van der Waals surface area (Å²) in [5, 5.41) is 0. The molecule has 1 heterocycles. The monoisotopic (exact) mass is 323 g/mol. The minimum absolute atomic E-state index is 0.988. The van der Waals surface area contributed by atoms with Gasteiger partial charge in [-0.15, -0.1) is 0 Å². The molecule has 0 saturated carbocycles. The predicted octanol–water partition coefficient (Wildman–Crippen LogP) is 5.49. The molecular formula is C18H14BrN. The summed E-state index contributed by atoms with van der Waals surface area (Å²) < 4.78 is 1.09. The van der Waals surface area contributed by atoms with E-state index in [1.165, 1.54) is 0 Å². The van der Waals surface area contributed by atoms with Crippen molar-refractivity contribution < 1.29 is 0 Å². The summed E-state index contributed by atoms with van der Waals surface area (Å²) >= 11 is 3.65. The molecule has 98 valence electrons. The van der Waals surface area contributed by atoms with E-state index < -0.39 is 0 Å². The van der Waals surface area contributed by atoms with Gasteiger partial charge in [0.2, 0.25) is 0 Å². The smallest absolute Gasteiger partial charge is 0.0749 e. The topological polar surface area (TPSA) is 12.9 Å². The van der Waals surface area contributed by atoms with E-state index in [4.69, 9.17) is 4.98 Å². The second-order valence-electron chi connectivity index (χ2n) is 4.69. The molecule has 0 amide bonds. The number of nitrogens with zero attached hydrogens (tertiary/aromatic N) is 1. The van der Waals surface area contributed by atoms with Gasteiger partial charge in [0.05, 0.1) is 11.4 Å². The molecule has 0 saturated heterocycles. The fraction of sp³-hybridized carbons (Fsp3) is 0.0556. The predicted molar refractivity (Wildman–Crippen MR) is 87.5 cm³/mol. The number of hydrogen-bond donors (Lipinski definition) is 0. The van der Waals surface area contributed by atoms with E-state index in [1.807, 2.05) is 36.4 Å². The molecule has 1 nitrogen and oxygen atoms in total. The number of aromatic nitrogens is 1. The Bertz CT molecular complexity index is 721. The van der Waals surface area contributed by atoms with E-state index in [1.54, 1.807) is 0 Å². The molecule has 0 aliphatic rings. The zero-order valence-electron chi connectivity index (χ0n) is 11.2. The molecule has 0 radical (unpaired) electrons. The van der Waals surface area contributed by atoms with E-state index in [2.05, 4.69) is 53.2 Å². The van der Waals surface area contributed by atoms with Crippen LogP contribution in [-0.2, 0) is 0 Å². The zero-order valence-corrected chi connectivity index (χ0v) is 12.8. The first-order valence-corrected chi connectivity index (χ1v) is 7.33. The highest BCUT2D eigenvalue weighted by Gasteiger charge is 2.10.